The van der Waals surface area contributed by atoms with Crippen molar-refractivity contribution in [2.45, 2.75) is 29.3 Å². The summed E-state index contributed by atoms with van der Waals surface area (Å²) in [5.41, 5.74) is 0.150. The fourth-order valence-electron chi connectivity index (χ4n) is 1.59. The molecule has 0 saturated heterocycles. The number of ketones is 1. The third kappa shape index (κ3) is 5.16. The molecule has 0 aromatic carbocycles. The van der Waals surface area contributed by atoms with Gasteiger partial charge in [0.15, 0.2) is 0 Å². The summed E-state index contributed by atoms with van der Waals surface area (Å²) in [5.74, 6) is -1.44. The molecular weight excluding hydrogens is 344 g/mol. The second-order valence-electron chi connectivity index (χ2n) is 4.19. The van der Waals surface area contributed by atoms with Crippen molar-refractivity contribution in [3.63, 3.8) is 0 Å². The molecule has 0 aliphatic heterocycles. The number of aromatic amines is 1. The number of aliphatic hydroxyl groups is 2. The van der Waals surface area contributed by atoms with Gasteiger partial charge in [0, 0.05) is 11.8 Å². The SMILES string of the molecule is CCOC(=O)CC(O)C(O)c1c[nH]c(C(=O)C(Cl)(Cl)Cl)c1. The molecule has 0 aliphatic rings. The van der Waals surface area contributed by atoms with Gasteiger partial charge in [-0.25, -0.2) is 0 Å². The third-order valence-corrected chi connectivity index (χ3v) is 3.11. The lowest BCUT2D eigenvalue weighted by molar-refractivity contribution is -0.147. The van der Waals surface area contributed by atoms with Crippen LogP contribution >= 0.6 is 34.8 Å². The minimum atomic E-state index is -2.13. The summed E-state index contributed by atoms with van der Waals surface area (Å²) >= 11 is 16.4. The van der Waals surface area contributed by atoms with Gasteiger partial charge in [-0.2, -0.15) is 0 Å². The Hall–Kier alpha value is -0.790. The molecule has 0 saturated carbocycles. The number of carbonyl (C=O) groups excluding carboxylic acids is 2. The molecule has 0 aliphatic carbocycles. The predicted octanol–water partition coefficient (Wildman–Crippen LogP) is 1.92. The lowest BCUT2D eigenvalue weighted by Gasteiger charge is -2.15. The Kier molecular flexibility index (Phi) is 6.49. The summed E-state index contributed by atoms with van der Waals surface area (Å²) in [6.45, 7) is 1.80. The van der Waals surface area contributed by atoms with Gasteiger partial charge < -0.3 is 19.9 Å². The number of hydrogen-bond donors (Lipinski definition) is 3. The molecule has 21 heavy (non-hydrogen) atoms. The zero-order valence-corrected chi connectivity index (χ0v) is 13.2. The van der Waals surface area contributed by atoms with Gasteiger partial charge in [0.1, 0.15) is 6.10 Å². The minimum absolute atomic E-state index is 0.0348. The predicted molar refractivity (Wildman–Crippen MR) is 77.6 cm³/mol. The average Bonchev–Trinajstić information content (AvgIpc) is 2.85. The number of halogens is 3. The highest BCUT2D eigenvalue weighted by atomic mass is 35.6. The van der Waals surface area contributed by atoms with Crippen molar-refractivity contribution < 1.29 is 24.5 Å². The molecule has 2 atom stereocenters. The highest BCUT2D eigenvalue weighted by Crippen LogP contribution is 2.31. The number of ether oxygens (including phenoxy) is 1. The zero-order valence-electron chi connectivity index (χ0n) is 11.0. The normalized spacial score (nSPS) is 14.6. The number of nitrogens with one attached hydrogen (secondary N) is 1. The number of Topliss-reactive ketones (excluding diaryl/α,β-unsaturated/α-hetero) is 1. The maximum absolute atomic E-state index is 11.7. The van der Waals surface area contributed by atoms with Crippen molar-refractivity contribution in [3.8, 4) is 0 Å². The van der Waals surface area contributed by atoms with Crippen LogP contribution in [0.15, 0.2) is 12.3 Å². The Labute approximate surface area is 135 Å². The summed E-state index contributed by atoms with van der Waals surface area (Å²) in [7, 11) is 0. The number of alkyl halides is 3. The molecule has 0 bridgehead atoms. The van der Waals surface area contributed by atoms with Crippen LogP contribution in [0.2, 0.25) is 0 Å². The smallest absolute Gasteiger partial charge is 0.308 e. The molecule has 9 heteroatoms. The molecule has 0 fully saturated rings. The number of rotatable bonds is 6. The van der Waals surface area contributed by atoms with E-state index in [1.54, 1.807) is 6.92 Å². The van der Waals surface area contributed by atoms with Gasteiger partial charge in [0.2, 0.25) is 5.78 Å². The molecule has 6 nitrogen and oxygen atoms in total. The molecule has 3 N–H and O–H groups in total. The van der Waals surface area contributed by atoms with E-state index < -0.39 is 27.8 Å². The number of esters is 1. The molecule has 1 aromatic heterocycles. The topological polar surface area (TPSA) is 99.6 Å². The maximum atomic E-state index is 11.7. The van der Waals surface area contributed by atoms with Crippen molar-refractivity contribution in [3.05, 3.63) is 23.5 Å². The van der Waals surface area contributed by atoms with E-state index in [0.29, 0.717) is 0 Å². The number of H-pyrrole nitrogens is 1. The van der Waals surface area contributed by atoms with Crippen molar-refractivity contribution in [2.24, 2.45) is 0 Å². The van der Waals surface area contributed by atoms with Gasteiger partial charge >= 0.3 is 5.97 Å². The van der Waals surface area contributed by atoms with Crippen LogP contribution in [0.1, 0.15) is 35.5 Å². The molecule has 0 spiro atoms. The summed E-state index contributed by atoms with van der Waals surface area (Å²) in [5, 5.41) is 19.7. The summed E-state index contributed by atoms with van der Waals surface area (Å²) in [4.78, 5) is 25.5. The lowest BCUT2D eigenvalue weighted by Crippen LogP contribution is -2.23. The van der Waals surface area contributed by atoms with Crippen LogP contribution < -0.4 is 0 Å². The van der Waals surface area contributed by atoms with E-state index in [1.165, 1.54) is 12.3 Å². The number of aliphatic hydroxyl groups excluding tert-OH is 2. The zero-order chi connectivity index (χ0) is 16.2. The molecule has 2 unspecified atom stereocenters. The van der Waals surface area contributed by atoms with Crippen molar-refractivity contribution in [1.29, 1.82) is 0 Å². The number of carbonyl (C=O) groups is 2. The van der Waals surface area contributed by atoms with E-state index in [4.69, 9.17) is 34.8 Å². The van der Waals surface area contributed by atoms with Crippen molar-refractivity contribution in [1.82, 2.24) is 4.98 Å². The lowest BCUT2D eigenvalue weighted by atomic mass is 10.0. The van der Waals surface area contributed by atoms with Crippen LogP contribution in [0.4, 0.5) is 0 Å². The van der Waals surface area contributed by atoms with Gasteiger partial charge in [-0.3, -0.25) is 9.59 Å². The monoisotopic (exact) mass is 357 g/mol. The molecule has 0 amide bonds. The van der Waals surface area contributed by atoms with Gasteiger partial charge in [-0.1, -0.05) is 34.8 Å². The molecular formula is C12H14Cl3NO5. The Morgan fingerprint density at radius 1 is 1.38 bits per heavy atom. The molecule has 118 valence electrons. The van der Waals surface area contributed by atoms with Crippen molar-refractivity contribution >= 4 is 46.6 Å². The van der Waals surface area contributed by atoms with Crippen LogP contribution in [-0.2, 0) is 9.53 Å². The third-order valence-electron chi connectivity index (χ3n) is 2.59. The van der Waals surface area contributed by atoms with Gasteiger partial charge in [-0.05, 0) is 13.0 Å². The van der Waals surface area contributed by atoms with Crippen LogP contribution in [-0.4, -0.2) is 43.5 Å². The second kappa shape index (κ2) is 7.47. The van der Waals surface area contributed by atoms with Crippen LogP contribution in [0.25, 0.3) is 0 Å². The average molecular weight is 359 g/mol. The summed E-state index contributed by atoms with van der Waals surface area (Å²) in [6, 6.07) is 1.24. The van der Waals surface area contributed by atoms with E-state index in [1.807, 2.05) is 0 Å². The summed E-state index contributed by atoms with van der Waals surface area (Å²) in [6.07, 6.45) is -1.87. The number of hydrogen-bond acceptors (Lipinski definition) is 5. The molecule has 0 radical (unpaired) electrons. The van der Waals surface area contributed by atoms with Crippen LogP contribution in [0.3, 0.4) is 0 Å². The van der Waals surface area contributed by atoms with E-state index in [2.05, 4.69) is 9.72 Å². The standard InChI is InChI=1S/C12H14Cl3NO5/c1-2-21-9(18)4-8(17)10(19)6-3-7(16-5-6)11(20)12(13,14)15/h3,5,8,10,16-17,19H,2,4H2,1H3. The Bertz CT molecular complexity index is 511. The molecule has 1 heterocycles. The first kappa shape index (κ1) is 18.3. The first-order chi connectivity index (χ1) is 9.66. The molecule has 1 rings (SSSR count). The Morgan fingerprint density at radius 2 is 2.00 bits per heavy atom. The second-order valence-corrected chi connectivity index (χ2v) is 6.48. The van der Waals surface area contributed by atoms with Crippen LogP contribution in [0, 0.1) is 0 Å². The number of aromatic nitrogens is 1. The quantitative estimate of drug-likeness (QED) is 0.410. The van der Waals surface area contributed by atoms with Crippen molar-refractivity contribution in [2.75, 3.05) is 6.61 Å². The first-order valence-electron chi connectivity index (χ1n) is 5.98. The highest BCUT2D eigenvalue weighted by molar-refractivity contribution is 6.77. The summed E-state index contributed by atoms with van der Waals surface area (Å²) < 4.78 is 2.53. The van der Waals surface area contributed by atoms with Gasteiger partial charge in [-0.15, -0.1) is 0 Å². The Morgan fingerprint density at radius 3 is 2.52 bits per heavy atom. The van der Waals surface area contributed by atoms with E-state index >= 15 is 0 Å². The fraction of sp³-hybridized carbons (Fsp3) is 0.500. The largest absolute Gasteiger partial charge is 0.466 e. The van der Waals surface area contributed by atoms with E-state index in [-0.39, 0.29) is 24.3 Å². The van der Waals surface area contributed by atoms with E-state index in [9.17, 15) is 19.8 Å². The minimum Gasteiger partial charge on any atom is -0.466 e. The van der Waals surface area contributed by atoms with E-state index in [0.717, 1.165) is 0 Å². The highest BCUT2D eigenvalue weighted by Gasteiger charge is 2.33. The van der Waals surface area contributed by atoms with Gasteiger partial charge in [0.25, 0.3) is 3.79 Å². The molecule has 1 aromatic rings. The first-order valence-corrected chi connectivity index (χ1v) is 7.11. The Balaban J connectivity index is 2.76. The van der Waals surface area contributed by atoms with Gasteiger partial charge in [0.05, 0.1) is 24.8 Å². The van der Waals surface area contributed by atoms with Crippen LogP contribution in [0.5, 0.6) is 0 Å². The fourth-order valence-corrected chi connectivity index (χ4v) is 1.90. The maximum Gasteiger partial charge on any atom is 0.308 e.